The molecule has 0 aromatic carbocycles. The first kappa shape index (κ1) is 18.4. The summed E-state index contributed by atoms with van der Waals surface area (Å²) in [5.74, 6) is 0.966. The number of anilines is 2. The summed E-state index contributed by atoms with van der Waals surface area (Å²) in [6.45, 7) is 8.48. The quantitative estimate of drug-likeness (QED) is 0.870. The Morgan fingerprint density at radius 3 is 2.41 bits per heavy atom. The minimum atomic E-state index is 0.347. The molecule has 1 N–H and O–H groups in total. The third-order valence-corrected chi connectivity index (χ3v) is 5.70. The van der Waals surface area contributed by atoms with Crippen LogP contribution in [0.1, 0.15) is 57.2 Å². The maximum absolute atomic E-state index is 5.51. The summed E-state index contributed by atoms with van der Waals surface area (Å²) in [6.07, 6.45) is 10.3. The molecule has 0 saturated carbocycles. The SMILES string of the molecule is CC(C)c1nn(C2CCN(C3CCOCC3)CC2)cc1Nc1ncccn1. The third-order valence-electron chi connectivity index (χ3n) is 5.70. The van der Waals surface area contributed by atoms with E-state index in [1.165, 1.54) is 12.8 Å². The van der Waals surface area contributed by atoms with Crippen LogP contribution in [-0.4, -0.2) is 57.0 Å². The van der Waals surface area contributed by atoms with Gasteiger partial charge >= 0.3 is 0 Å². The van der Waals surface area contributed by atoms with Gasteiger partial charge in [-0.25, -0.2) is 9.97 Å². The Morgan fingerprint density at radius 2 is 1.74 bits per heavy atom. The fraction of sp³-hybridized carbons (Fsp3) is 0.650. The number of nitrogens with zero attached hydrogens (tertiary/aromatic N) is 5. The average Bonchev–Trinajstić information content (AvgIpc) is 3.14. The molecule has 0 bridgehead atoms. The summed E-state index contributed by atoms with van der Waals surface area (Å²) in [6, 6.07) is 2.99. The molecule has 0 unspecified atom stereocenters. The Hall–Kier alpha value is -1.99. The summed E-state index contributed by atoms with van der Waals surface area (Å²) < 4.78 is 7.68. The van der Waals surface area contributed by atoms with E-state index >= 15 is 0 Å². The number of hydrogen-bond donors (Lipinski definition) is 1. The van der Waals surface area contributed by atoms with Gasteiger partial charge in [-0.1, -0.05) is 13.8 Å². The molecule has 0 amide bonds. The summed E-state index contributed by atoms with van der Waals surface area (Å²) in [5, 5.41) is 8.27. The van der Waals surface area contributed by atoms with Crippen LogP contribution in [0.3, 0.4) is 0 Å². The number of aromatic nitrogens is 4. The molecule has 0 radical (unpaired) electrons. The molecule has 2 aromatic rings. The van der Waals surface area contributed by atoms with E-state index in [-0.39, 0.29) is 0 Å². The van der Waals surface area contributed by atoms with Crippen molar-refractivity contribution in [2.75, 3.05) is 31.6 Å². The lowest BCUT2D eigenvalue weighted by Crippen LogP contribution is -2.44. The van der Waals surface area contributed by atoms with Gasteiger partial charge in [-0.3, -0.25) is 4.68 Å². The van der Waals surface area contributed by atoms with E-state index in [0.29, 0.717) is 23.9 Å². The number of rotatable bonds is 5. The molecule has 2 aliphatic rings. The molecule has 0 spiro atoms. The number of likely N-dealkylation sites (tertiary alicyclic amines) is 1. The predicted octanol–water partition coefficient (Wildman–Crippen LogP) is 3.36. The standard InChI is InChI=1S/C20H30N6O/c1-15(2)19-18(23-20-21-8-3-9-22-20)14-26(24-19)17-4-10-25(11-5-17)16-6-12-27-13-7-16/h3,8-9,14-17H,4-7,10-13H2,1-2H3,(H,21,22,23). The van der Waals surface area contributed by atoms with Crippen LogP contribution in [-0.2, 0) is 4.74 Å². The lowest BCUT2D eigenvalue weighted by Gasteiger charge is -2.39. The summed E-state index contributed by atoms with van der Waals surface area (Å²) in [7, 11) is 0. The number of nitrogens with one attached hydrogen (secondary N) is 1. The highest BCUT2D eigenvalue weighted by molar-refractivity contribution is 5.56. The molecular weight excluding hydrogens is 340 g/mol. The minimum Gasteiger partial charge on any atom is -0.381 e. The van der Waals surface area contributed by atoms with Crippen molar-refractivity contribution in [3.8, 4) is 0 Å². The van der Waals surface area contributed by atoms with Gasteiger partial charge in [-0.05, 0) is 37.7 Å². The second-order valence-corrected chi connectivity index (χ2v) is 7.87. The Bertz CT molecular complexity index is 717. The van der Waals surface area contributed by atoms with Gasteiger partial charge in [0.2, 0.25) is 5.95 Å². The van der Waals surface area contributed by atoms with E-state index < -0.39 is 0 Å². The van der Waals surface area contributed by atoms with Crippen LogP contribution in [0.15, 0.2) is 24.7 Å². The average molecular weight is 371 g/mol. The lowest BCUT2D eigenvalue weighted by molar-refractivity contribution is 0.0212. The maximum atomic E-state index is 5.51. The first-order valence-electron chi connectivity index (χ1n) is 10.2. The molecule has 4 heterocycles. The zero-order valence-corrected chi connectivity index (χ0v) is 16.3. The van der Waals surface area contributed by atoms with Crippen LogP contribution >= 0.6 is 0 Å². The van der Waals surface area contributed by atoms with Gasteiger partial charge in [-0.2, -0.15) is 5.10 Å². The van der Waals surface area contributed by atoms with Crippen molar-refractivity contribution in [3.63, 3.8) is 0 Å². The molecule has 27 heavy (non-hydrogen) atoms. The minimum absolute atomic E-state index is 0.347. The molecule has 2 fully saturated rings. The van der Waals surface area contributed by atoms with Crippen molar-refractivity contribution in [2.45, 2.75) is 57.5 Å². The molecule has 2 aromatic heterocycles. The Kier molecular flexibility index (Phi) is 5.69. The van der Waals surface area contributed by atoms with E-state index in [1.807, 2.05) is 6.07 Å². The molecule has 7 nitrogen and oxygen atoms in total. The topological polar surface area (TPSA) is 68.1 Å². The monoisotopic (exact) mass is 370 g/mol. The first-order chi connectivity index (χ1) is 13.2. The van der Waals surface area contributed by atoms with Crippen LogP contribution in [0, 0.1) is 0 Å². The molecule has 2 saturated heterocycles. The van der Waals surface area contributed by atoms with E-state index in [2.05, 4.69) is 44.9 Å². The van der Waals surface area contributed by atoms with Crippen LogP contribution in [0.5, 0.6) is 0 Å². The largest absolute Gasteiger partial charge is 0.381 e. The molecule has 7 heteroatoms. The lowest BCUT2D eigenvalue weighted by atomic mass is 10.00. The fourth-order valence-electron chi connectivity index (χ4n) is 4.17. The van der Waals surface area contributed by atoms with Gasteiger partial charge in [0.15, 0.2) is 0 Å². The molecule has 4 rings (SSSR count). The van der Waals surface area contributed by atoms with Crippen molar-refractivity contribution in [1.29, 1.82) is 0 Å². The summed E-state index contributed by atoms with van der Waals surface area (Å²) in [4.78, 5) is 11.2. The molecule has 0 atom stereocenters. The summed E-state index contributed by atoms with van der Waals surface area (Å²) >= 11 is 0. The van der Waals surface area contributed by atoms with Crippen molar-refractivity contribution >= 4 is 11.6 Å². The Morgan fingerprint density at radius 1 is 1.04 bits per heavy atom. The van der Waals surface area contributed by atoms with Gasteiger partial charge in [0.1, 0.15) is 0 Å². The van der Waals surface area contributed by atoms with Gasteiger partial charge in [0.25, 0.3) is 0 Å². The summed E-state index contributed by atoms with van der Waals surface area (Å²) in [5.41, 5.74) is 2.09. The van der Waals surface area contributed by atoms with Crippen molar-refractivity contribution < 1.29 is 4.74 Å². The third kappa shape index (κ3) is 4.30. The zero-order valence-electron chi connectivity index (χ0n) is 16.3. The van der Waals surface area contributed by atoms with Crippen molar-refractivity contribution in [1.82, 2.24) is 24.6 Å². The smallest absolute Gasteiger partial charge is 0.227 e. The van der Waals surface area contributed by atoms with Crippen LogP contribution in [0.4, 0.5) is 11.6 Å². The number of ether oxygens (including phenoxy) is 1. The molecule has 146 valence electrons. The van der Waals surface area contributed by atoms with Crippen LogP contribution in [0.2, 0.25) is 0 Å². The Labute approximate surface area is 161 Å². The van der Waals surface area contributed by atoms with Crippen LogP contribution < -0.4 is 5.32 Å². The highest BCUT2D eigenvalue weighted by atomic mass is 16.5. The Balaban J connectivity index is 1.44. The number of hydrogen-bond acceptors (Lipinski definition) is 6. The van der Waals surface area contributed by atoms with Crippen molar-refractivity contribution in [3.05, 3.63) is 30.4 Å². The van der Waals surface area contributed by atoms with Crippen LogP contribution in [0.25, 0.3) is 0 Å². The number of piperidine rings is 1. The highest BCUT2D eigenvalue weighted by Gasteiger charge is 2.28. The van der Waals surface area contributed by atoms with E-state index in [0.717, 1.165) is 50.5 Å². The fourth-order valence-corrected chi connectivity index (χ4v) is 4.17. The predicted molar refractivity (Wildman–Crippen MR) is 105 cm³/mol. The van der Waals surface area contributed by atoms with E-state index in [4.69, 9.17) is 9.84 Å². The zero-order chi connectivity index (χ0) is 18.6. The maximum Gasteiger partial charge on any atom is 0.227 e. The van der Waals surface area contributed by atoms with Gasteiger partial charge < -0.3 is 15.0 Å². The second-order valence-electron chi connectivity index (χ2n) is 7.87. The normalized spacial score (nSPS) is 20.3. The second kappa shape index (κ2) is 8.35. The molecule has 2 aliphatic heterocycles. The van der Waals surface area contributed by atoms with E-state index in [9.17, 15) is 0 Å². The van der Waals surface area contributed by atoms with Crippen molar-refractivity contribution in [2.24, 2.45) is 0 Å². The van der Waals surface area contributed by atoms with Gasteiger partial charge in [-0.15, -0.1) is 0 Å². The van der Waals surface area contributed by atoms with Gasteiger partial charge in [0.05, 0.1) is 17.4 Å². The molecular formula is C20H30N6O. The van der Waals surface area contributed by atoms with E-state index in [1.54, 1.807) is 12.4 Å². The van der Waals surface area contributed by atoms with Gasteiger partial charge in [0, 0.05) is 50.9 Å². The highest BCUT2D eigenvalue weighted by Crippen LogP contribution is 2.30. The first-order valence-corrected chi connectivity index (χ1v) is 10.2. The molecule has 0 aliphatic carbocycles.